The topological polar surface area (TPSA) is 0 Å². The molecule has 2 aliphatic carbocycles. The quantitative estimate of drug-likeness (QED) is 0.305. The van der Waals surface area contributed by atoms with Gasteiger partial charge in [0, 0.05) is 35.4 Å². The molecule has 0 amide bonds. The van der Waals surface area contributed by atoms with E-state index in [0.29, 0.717) is 0 Å². The summed E-state index contributed by atoms with van der Waals surface area (Å²) in [6.07, 6.45) is 12.8. The van der Waals surface area contributed by atoms with Gasteiger partial charge in [0.1, 0.15) is 0 Å². The summed E-state index contributed by atoms with van der Waals surface area (Å²) in [6.45, 7) is 12.8. The Labute approximate surface area is 159 Å². The largest absolute Gasteiger partial charge is 0.270 e. The van der Waals surface area contributed by atoms with Crippen LogP contribution >= 0.6 is 24.8 Å². The monoisotopic (exact) mass is 497 g/mol. The van der Waals surface area contributed by atoms with E-state index < -0.39 is 0 Å². The van der Waals surface area contributed by atoms with Crippen LogP contribution in [0.5, 0.6) is 0 Å². The molecule has 0 heterocycles. The summed E-state index contributed by atoms with van der Waals surface area (Å²) in [5.74, 6) is 0. The Morgan fingerprint density at radius 2 is 1.05 bits per heavy atom. The molecular formula is C16H27Cl2HfSi-2. The van der Waals surface area contributed by atoms with Crippen LogP contribution in [0.2, 0.25) is 13.1 Å². The molecule has 0 aromatic heterocycles. The second kappa shape index (κ2) is 17.7. The average Bonchev–Trinajstić information content (AvgIpc) is 2.81. The molecule has 2 rings (SSSR count). The maximum absolute atomic E-state index is 3.19. The van der Waals surface area contributed by atoms with Crippen molar-refractivity contribution in [2.45, 2.75) is 53.6 Å². The SMILES string of the molecule is CC1=[C-]CC=C1C.CC1=[C-]CC=C1C.C[SiH]C.Cl.Cl.[Hf]. The average molecular weight is 497 g/mol. The molecule has 0 atom stereocenters. The molecule has 1 radical (unpaired) electrons. The van der Waals surface area contributed by atoms with Crippen molar-refractivity contribution in [2.24, 2.45) is 0 Å². The van der Waals surface area contributed by atoms with Gasteiger partial charge in [-0.3, -0.25) is 12.2 Å². The van der Waals surface area contributed by atoms with E-state index in [0.717, 1.165) is 22.4 Å². The van der Waals surface area contributed by atoms with Crippen LogP contribution < -0.4 is 0 Å². The third kappa shape index (κ3) is 13.6. The maximum atomic E-state index is 3.19. The van der Waals surface area contributed by atoms with Crippen LogP contribution in [0.25, 0.3) is 0 Å². The van der Waals surface area contributed by atoms with Gasteiger partial charge in [0.15, 0.2) is 0 Å². The molecular weight excluding hydrogens is 470 g/mol. The summed E-state index contributed by atoms with van der Waals surface area (Å²) < 4.78 is 0. The fraction of sp³-hybridized carbons (Fsp3) is 0.500. The van der Waals surface area contributed by atoms with Crippen molar-refractivity contribution >= 4 is 34.3 Å². The van der Waals surface area contributed by atoms with E-state index in [4.69, 9.17) is 0 Å². The third-order valence-electron chi connectivity index (χ3n) is 2.73. The molecule has 0 unspecified atom stereocenters. The van der Waals surface area contributed by atoms with Crippen LogP contribution in [0, 0.1) is 12.2 Å². The molecule has 0 aromatic rings. The van der Waals surface area contributed by atoms with Crippen molar-refractivity contribution in [1.29, 1.82) is 0 Å². The van der Waals surface area contributed by atoms with Crippen molar-refractivity contribution in [1.82, 2.24) is 0 Å². The summed E-state index contributed by atoms with van der Waals surface area (Å²) in [5, 5.41) is 0. The molecule has 0 fully saturated rings. The molecule has 115 valence electrons. The second-order valence-electron chi connectivity index (χ2n) is 4.36. The molecule has 0 spiro atoms. The first-order chi connectivity index (χ1) is 8.02. The molecule has 0 saturated heterocycles. The second-order valence-corrected chi connectivity index (χ2v) is 5.52. The smallest absolute Gasteiger partial charge is 0.0213 e. The molecule has 0 saturated carbocycles. The molecule has 0 aliphatic heterocycles. The number of hydrogen-bond acceptors (Lipinski definition) is 0. The molecule has 20 heavy (non-hydrogen) atoms. The normalized spacial score (nSPS) is 14.3. The summed E-state index contributed by atoms with van der Waals surface area (Å²) in [4.78, 5) is 0. The van der Waals surface area contributed by atoms with Crippen LogP contribution in [0.15, 0.2) is 34.4 Å². The van der Waals surface area contributed by atoms with E-state index in [9.17, 15) is 0 Å². The van der Waals surface area contributed by atoms with Gasteiger partial charge in [-0.1, -0.05) is 26.9 Å². The molecule has 4 heteroatoms. The van der Waals surface area contributed by atoms with E-state index in [1.54, 1.807) is 0 Å². The first kappa shape index (κ1) is 28.7. The van der Waals surface area contributed by atoms with Crippen molar-refractivity contribution in [3.05, 3.63) is 46.6 Å². The number of halogens is 2. The van der Waals surface area contributed by atoms with E-state index in [-0.39, 0.29) is 50.7 Å². The number of allylic oxidation sites excluding steroid dienone is 8. The number of rotatable bonds is 0. The van der Waals surface area contributed by atoms with Gasteiger partial charge in [0.05, 0.1) is 0 Å². The summed E-state index contributed by atoms with van der Waals surface area (Å²) >= 11 is 0. The first-order valence-electron chi connectivity index (χ1n) is 6.26. The Kier molecular flexibility index (Phi) is 25.4. The van der Waals surface area contributed by atoms with Crippen molar-refractivity contribution < 1.29 is 25.8 Å². The van der Waals surface area contributed by atoms with Gasteiger partial charge in [-0.2, -0.15) is 12.2 Å². The predicted octanol–water partition coefficient (Wildman–Crippen LogP) is 5.53. The van der Waals surface area contributed by atoms with Crippen molar-refractivity contribution in [3.8, 4) is 0 Å². The summed E-state index contributed by atoms with van der Waals surface area (Å²) in [7, 11) is 0.750. The van der Waals surface area contributed by atoms with E-state index >= 15 is 0 Å². The van der Waals surface area contributed by atoms with Crippen molar-refractivity contribution in [3.63, 3.8) is 0 Å². The van der Waals surface area contributed by atoms with Gasteiger partial charge in [-0.15, -0.1) is 51.5 Å². The van der Waals surface area contributed by atoms with E-state index in [1.807, 2.05) is 0 Å². The molecule has 0 bridgehead atoms. The van der Waals surface area contributed by atoms with Gasteiger partial charge in [0.25, 0.3) is 0 Å². The minimum absolute atomic E-state index is 0. The van der Waals surface area contributed by atoms with E-state index in [2.05, 4.69) is 65.1 Å². The maximum Gasteiger partial charge on any atom is 0.0213 e. The Bertz CT molecular complexity index is 289. The van der Waals surface area contributed by atoms with Crippen LogP contribution in [0.1, 0.15) is 40.5 Å². The fourth-order valence-electron chi connectivity index (χ4n) is 1.30. The van der Waals surface area contributed by atoms with Crippen LogP contribution in [-0.4, -0.2) is 9.52 Å². The number of hydrogen-bond donors (Lipinski definition) is 0. The van der Waals surface area contributed by atoms with Crippen molar-refractivity contribution in [2.75, 3.05) is 0 Å². The fourth-order valence-corrected chi connectivity index (χ4v) is 1.30. The van der Waals surface area contributed by atoms with Gasteiger partial charge < -0.3 is 0 Å². The minimum atomic E-state index is 0. The zero-order valence-corrected chi connectivity index (χ0v) is 19.8. The molecule has 0 aromatic carbocycles. The minimum Gasteiger partial charge on any atom is -0.270 e. The van der Waals surface area contributed by atoms with Crippen LogP contribution in [0.3, 0.4) is 0 Å². The van der Waals surface area contributed by atoms with E-state index in [1.165, 1.54) is 22.3 Å². The van der Waals surface area contributed by atoms with Gasteiger partial charge >= 0.3 is 0 Å². The Morgan fingerprint density at radius 1 is 0.800 bits per heavy atom. The van der Waals surface area contributed by atoms with Crippen LogP contribution in [-0.2, 0) is 25.8 Å². The first-order valence-corrected chi connectivity index (χ1v) is 8.57. The zero-order valence-electron chi connectivity index (χ0n) is 13.5. The Morgan fingerprint density at radius 3 is 1.10 bits per heavy atom. The third-order valence-corrected chi connectivity index (χ3v) is 2.73. The summed E-state index contributed by atoms with van der Waals surface area (Å²) in [5.41, 5.74) is 5.42. The Hall–Kier alpha value is 0.627. The van der Waals surface area contributed by atoms with Gasteiger partial charge in [-0.05, 0) is 0 Å². The molecule has 0 nitrogen and oxygen atoms in total. The molecule has 0 N–H and O–H groups in total. The van der Waals surface area contributed by atoms with Gasteiger partial charge in [-0.25, -0.2) is 22.3 Å². The molecule has 2 aliphatic rings. The zero-order chi connectivity index (χ0) is 13.3. The Balaban J connectivity index is -0.0000000956. The van der Waals surface area contributed by atoms with Crippen LogP contribution in [0.4, 0.5) is 0 Å². The predicted molar refractivity (Wildman–Crippen MR) is 95.0 cm³/mol. The summed E-state index contributed by atoms with van der Waals surface area (Å²) in [6, 6.07) is 0. The van der Waals surface area contributed by atoms with Gasteiger partial charge in [0.2, 0.25) is 0 Å². The standard InChI is InChI=1S/2C7H9.C2H7Si.2ClH.Hf/c2*1-6-4-3-5-7(6)2;1-3-2;;;/h2*4H,3H2,1-2H3;3H,1-2H3;2*1H;/q2*-1;;;;.